The Balaban J connectivity index is 1.71. The number of rotatable bonds is 5. The Morgan fingerprint density at radius 2 is 2.21 bits per heavy atom. The largest absolute Gasteiger partial charge is 0.462 e. The van der Waals surface area contributed by atoms with Gasteiger partial charge in [0.25, 0.3) is 0 Å². The molecule has 0 saturated carbocycles. The molecule has 1 amide bonds. The van der Waals surface area contributed by atoms with Gasteiger partial charge in [-0.2, -0.15) is 5.10 Å². The molecule has 0 radical (unpaired) electrons. The van der Waals surface area contributed by atoms with Gasteiger partial charge in [0.15, 0.2) is 5.65 Å². The number of carbonyl (C=O) groups is 2. The Bertz CT molecular complexity index is 1560. The lowest BCUT2D eigenvalue weighted by Crippen LogP contribution is -2.37. The molecule has 0 bridgehead atoms. The third-order valence-electron chi connectivity index (χ3n) is 5.57. The zero-order valence-electron chi connectivity index (χ0n) is 25.5. The van der Waals surface area contributed by atoms with Gasteiger partial charge >= 0.3 is 12.1 Å². The Hall–Kier alpha value is -4.20. The quantitative estimate of drug-likeness (QED) is 0.392. The van der Waals surface area contributed by atoms with Crippen molar-refractivity contribution in [1.29, 1.82) is 0 Å². The Labute approximate surface area is 226 Å². The van der Waals surface area contributed by atoms with Crippen LogP contribution in [-0.4, -0.2) is 56.4 Å². The van der Waals surface area contributed by atoms with Crippen molar-refractivity contribution >= 4 is 23.5 Å². The summed E-state index contributed by atoms with van der Waals surface area (Å²) in [6.07, 6.45) is 4.12. The van der Waals surface area contributed by atoms with Crippen molar-refractivity contribution in [3.63, 3.8) is 0 Å². The van der Waals surface area contributed by atoms with E-state index >= 15 is 0 Å². The minimum absolute atomic E-state index is 0.0396. The van der Waals surface area contributed by atoms with Crippen LogP contribution < -0.4 is 10.2 Å². The number of hydrogen-bond acceptors (Lipinski definition) is 8. The highest BCUT2D eigenvalue weighted by Gasteiger charge is 2.30. The molecule has 0 spiro atoms. The first kappa shape index (κ1) is 21.8. The molecule has 38 heavy (non-hydrogen) atoms. The monoisotopic (exact) mass is 526 g/mol. The van der Waals surface area contributed by atoms with E-state index in [1.54, 1.807) is 40.0 Å². The molecule has 3 aromatic heterocycles. The van der Waals surface area contributed by atoms with Crippen molar-refractivity contribution < 1.29 is 28.9 Å². The normalized spacial score (nSPS) is 18.8. The summed E-state index contributed by atoms with van der Waals surface area (Å²) in [6, 6.07) is -0.243. The number of halogens is 1. The molecule has 1 saturated heterocycles. The smallest absolute Gasteiger partial charge is 0.408 e. The summed E-state index contributed by atoms with van der Waals surface area (Å²) in [5.74, 6) is 4.22. The van der Waals surface area contributed by atoms with Crippen LogP contribution in [0.25, 0.3) is 5.65 Å². The lowest BCUT2D eigenvalue weighted by atomic mass is 10.0. The predicted octanol–water partition coefficient (Wildman–Crippen LogP) is 4.05. The average molecular weight is 527 g/mol. The fourth-order valence-electron chi connectivity index (χ4n) is 4.11. The van der Waals surface area contributed by atoms with Gasteiger partial charge in [0, 0.05) is 22.4 Å². The van der Waals surface area contributed by atoms with Crippen LogP contribution in [0, 0.1) is 17.7 Å². The number of carbonyl (C=O) groups excluding carboxylic acids is 2. The van der Waals surface area contributed by atoms with E-state index in [-0.39, 0.29) is 17.9 Å². The highest BCUT2D eigenvalue weighted by atomic mass is 19.1. The van der Waals surface area contributed by atoms with Crippen LogP contribution in [0.3, 0.4) is 0 Å². The van der Waals surface area contributed by atoms with Crippen LogP contribution in [0.2, 0.25) is 0 Å². The number of nitrogens with one attached hydrogen (secondary N) is 1. The van der Waals surface area contributed by atoms with Gasteiger partial charge in [0.05, 0.1) is 32.4 Å². The van der Waals surface area contributed by atoms with Gasteiger partial charge in [0.2, 0.25) is 0 Å². The second-order valence-corrected chi connectivity index (χ2v) is 9.53. The fraction of sp³-hybridized carbons (Fsp3) is 0.444. The lowest BCUT2D eigenvalue weighted by Gasteiger charge is -2.26. The van der Waals surface area contributed by atoms with Crippen LogP contribution >= 0.6 is 0 Å². The van der Waals surface area contributed by atoms with Crippen LogP contribution in [0.5, 0.6) is 0 Å². The first-order chi connectivity index (χ1) is 19.6. The first-order valence-electron chi connectivity index (χ1n) is 14.1. The standard InChI is InChI=1S/C27H31FN6O4/c1-6-37-25(35)20-16-30-34-13-11-23(32-24(20)34)33-12-7-8-22(33)19-14-18(28)15-29-21(19)10-9-17(2)31-26(36)38-27(3,4)5/h11,13-17,22H,6-8,12H2,1-5H3,(H,31,36)/i2D3,17D. The van der Waals surface area contributed by atoms with Crippen LogP contribution in [0.1, 0.15) is 80.5 Å². The van der Waals surface area contributed by atoms with E-state index in [0.717, 1.165) is 6.20 Å². The minimum atomic E-state index is -3.06. The molecule has 0 aliphatic carbocycles. The highest BCUT2D eigenvalue weighted by Crippen LogP contribution is 2.36. The van der Waals surface area contributed by atoms with Crippen molar-refractivity contribution in [2.24, 2.45) is 0 Å². The number of amides is 1. The van der Waals surface area contributed by atoms with E-state index in [4.69, 9.17) is 15.0 Å². The topological polar surface area (TPSA) is 111 Å². The molecule has 11 heteroatoms. The molecule has 4 heterocycles. The summed E-state index contributed by atoms with van der Waals surface area (Å²) in [5.41, 5.74) is -0.0551. The van der Waals surface area contributed by atoms with Crippen molar-refractivity contribution in [2.75, 3.05) is 18.1 Å². The van der Waals surface area contributed by atoms with Gasteiger partial charge in [-0.25, -0.2) is 28.5 Å². The summed E-state index contributed by atoms with van der Waals surface area (Å²) in [4.78, 5) is 35.4. The number of aromatic nitrogens is 4. The molecule has 1 aliphatic rings. The summed E-state index contributed by atoms with van der Waals surface area (Å²) in [7, 11) is 0. The van der Waals surface area contributed by atoms with Crippen molar-refractivity contribution in [3.8, 4) is 11.8 Å². The number of ether oxygens (including phenoxy) is 2. The zero-order valence-corrected chi connectivity index (χ0v) is 21.5. The number of alkyl carbamates (subject to hydrolysis) is 1. The number of hydrogen-bond donors (Lipinski definition) is 1. The van der Waals surface area contributed by atoms with Gasteiger partial charge in [-0.05, 0) is 65.4 Å². The third kappa shape index (κ3) is 6.19. The third-order valence-corrected chi connectivity index (χ3v) is 5.57. The van der Waals surface area contributed by atoms with E-state index in [1.807, 2.05) is 10.2 Å². The van der Waals surface area contributed by atoms with Gasteiger partial charge < -0.3 is 19.7 Å². The Morgan fingerprint density at radius 3 is 2.95 bits per heavy atom. The van der Waals surface area contributed by atoms with Crippen LogP contribution in [-0.2, 0) is 9.47 Å². The summed E-state index contributed by atoms with van der Waals surface area (Å²) in [5, 5.41) is 6.19. The highest BCUT2D eigenvalue weighted by molar-refractivity contribution is 5.95. The van der Waals surface area contributed by atoms with E-state index < -0.39 is 42.4 Å². The van der Waals surface area contributed by atoms with Crippen molar-refractivity contribution in [3.05, 3.63) is 53.4 Å². The number of fused-ring (bicyclic) bond motifs is 1. The molecule has 10 nitrogen and oxygen atoms in total. The lowest BCUT2D eigenvalue weighted by molar-refractivity contribution is 0.0512. The molecule has 200 valence electrons. The fourth-order valence-corrected chi connectivity index (χ4v) is 4.11. The number of pyridine rings is 1. The first-order valence-corrected chi connectivity index (χ1v) is 12.1. The zero-order chi connectivity index (χ0) is 30.9. The molecule has 1 fully saturated rings. The van der Waals surface area contributed by atoms with E-state index in [9.17, 15) is 14.0 Å². The van der Waals surface area contributed by atoms with Crippen LogP contribution in [0.15, 0.2) is 30.7 Å². The van der Waals surface area contributed by atoms with E-state index in [2.05, 4.69) is 26.9 Å². The number of nitrogens with zero attached hydrogens (tertiary/aromatic N) is 5. The molecular weight excluding hydrogens is 491 g/mol. The van der Waals surface area contributed by atoms with E-state index in [1.165, 1.54) is 16.8 Å². The van der Waals surface area contributed by atoms with Gasteiger partial charge in [0.1, 0.15) is 28.5 Å². The Kier molecular flexibility index (Phi) is 6.35. The summed E-state index contributed by atoms with van der Waals surface area (Å²) in [6.45, 7) is 4.15. The molecule has 2 atom stereocenters. The second-order valence-electron chi connectivity index (χ2n) is 9.53. The van der Waals surface area contributed by atoms with Gasteiger partial charge in [-0.1, -0.05) is 5.92 Å². The van der Waals surface area contributed by atoms with Crippen LogP contribution in [0.4, 0.5) is 15.0 Å². The van der Waals surface area contributed by atoms with Crippen molar-refractivity contribution in [1.82, 2.24) is 24.9 Å². The molecule has 1 N–H and O–H groups in total. The Morgan fingerprint density at radius 1 is 1.39 bits per heavy atom. The maximum absolute atomic E-state index is 14.5. The van der Waals surface area contributed by atoms with E-state index in [0.29, 0.717) is 36.4 Å². The maximum Gasteiger partial charge on any atom is 0.408 e. The van der Waals surface area contributed by atoms with Crippen molar-refractivity contribution in [2.45, 2.75) is 65.0 Å². The second kappa shape index (κ2) is 11.0. The predicted molar refractivity (Wildman–Crippen MR) is 138 cm³/mol. The van der Waals surface area contributed by atoms with Gasteiger partial charge in [-0.15, -0.1) is 0 Å². The molecule has 3 aromatic rings. The number of anilines is 1. The summed E-state index contributed by atoms with van der Waals surface area (Å²) >= 11 is 0. The average Bonchev–Trinajstić information content (AvgIpc) is 3.53. The molecule has 4 rings (SSSR count). The molecule has 0 aromatic carbocycles. The maximum atomic E-state index is 14.5. The SMILES string of the molecule is [2H]C([2H])([2H])C([2H])(C#Cc1ncc(F)cc1C1CCCN1c1ccn2ncc(C(=O)OCC)c2n1)NC(=O)OC(C)(C)C. The molecule has 2 unspecified atom stereocenters. The minimum Gasteiger partial charge on any atom is -0.462 e. The van der Waals surface area contributed by atoms with Gasteiger partial charge in [-0.3, -0.25) is 0 Å². The summed E-state index contributed by atoms with van der Waals surface area (Å²) < 4.78 is 58.2. The molecule has 1 aliphatic heterocycles. The molecular formula is C27H31FN6O4. The number of esters is 1.